The number of nitriles is 1. The second-order valence-electron chi connectivity index (χ2n) is 4.68. The molecule has 1 N–H and O–H groups in total. The molecule has 2 aromatic rings. The van der Waals surface area contributed by atoms with E-state index in [1.165, 1.54) is 30.0 Å². The Morgan fingerprint density at radius 3 is 2.95 bits per heavy atom. The van der Waals surface area contributed by atoms with Gasteiger partial charge in [0.1, 0.15) is 11.6 Å². The molecule has 0 saturated carbocycles. The van der Waals surface area contributed by atoms with Gasteiger partial charge in [-0.25, -0.2) is 4.39 Å². The fraction of sp³-hybridized carbons (Fsp3) is 0.267. The van der Waals surface area contributed by atoms with E-state index in [0.717, 1.165) is 0 Å². The fourth-order valence-corrected chi connectivity index (χ4v) is 2.56. The molecular weight excluding hydrogens is 305 g/mol. The Balaban J connectivity index is 1.93. The number of nitrogens with one attached hydrogen (secondary N) is 1. The van der Waals surface area contributed by atoms with Gasteiger partial charge in [-0.15, -0.1) is 11.8 Å². The molecule has 7 heteroatoms. The first kappa shape index (κ1) is 16.0. The van der Waals surface area contributed by atoms with Crippen molar-refractivity contribution in [3.8, 4) is 6.07 Å². The van der Waals surface area contributed by atoms with E-state index in [2.05, 4.69) is 10.5 Å². The Kier molecular flexibility index (Phi) is 5.17. The van der Waals surface area contributed by atoms with Crippen molar-refractivity contribution < 1.29 is 13.7 Å². The Morgan fingerprint density at radius 2 is 2.32 bits per heavy atom. The summed E-state index contributed by atoms with van der Waals surface area (Å²) >= 11 is 1.28. The van der Waals surface area contributed by atoms with Crippen LogP contribution in [0.2, 0.25) is 0 Å². The van der Waals surface area contributed by atoms with Crippen molar-refractivity contribution in [3.05, 3.63) is 47.0 Å². The minimum atomic E-state index is -0.401. The number of rotatable bonds is 5. The maximum Gasteiger partial charge on any atom is 0.238 e. The molecule has 0 unspecified atom stereocenters. The Morgan fingerprint density at radius 1 is 1.55 bits per heavy atom. The third-order valence-electron chi connectivity index (χ3n) is 2.91. The lowest BCUT2D eigenvalue weighted by molar-refractivity contribution is -0.115. The molecule has 1 atom stereocenters. The summed E-state index contributed by atoms with van der Waals surface area (Å²) in [5.41, 5.74) is 0.799. The standard InChI is InChI=1S/C15H14FN3O2S/c1-9-5-14(19-21-9)18-15(20)10(2)22-8-12-6-11(7-17)3-4-13(12)16/h3-6,10H,8H2,1-2H3,(H,18,19,20)/t10-/m0/s1. The van der Waals surface area contributed by atoms with E-state index in [4.69, 9.17) is 9.78 Å². The van der Waals surface area contributed by atoms with E-state index in [0.29, 0.717) is 28.5 Å². The van der Waals surface area contributed by atoms with Gasteiger partial charge < -0.3 is 9.84 Å². The summed E-state index contributed by atoms with van der Waals surface area (Å²) in [6.07, 6.45) is 0. The van der Waals surface area contributed by atoms with Crippen LogP contribution < -0.4 is 5.32 Å². The molecule has 22 heavy (non-hydrogen) atoms. The van der Waals surface area contributed by atoms with Crippen LogP contribution in [0.15, 0.2) is 28.8 Å². The highest BCUT2D eigenvalue weighted by Crippen LogP contribution is 2.22. The minimum absolute atomic E-state index is 0.241. The number of benzene rings is 1. The largest absolute Gasteiger partial charge is 0.360 e. The van der Waals surface area contributed by atoms with Crippen molar-refractivity contribution in [1.29, 1.82) is 5.26 Å². The fourth-order valence-electron chi connectivity index (χ4n) is 1.70. The smallest absolute Gasteiger partial charge is 0.238 e. The molecule has 1 heterocycles. The van der Waals surface area contributed by atoms with Crippen molar-refractivity contribution in [2.75, 3.05) is 5.32 Å². The molecule has 0 aliphatic carbocycles. The van der Waals surface area contributed by atoms with Gasteiger partial charge in [0.25, 0.3) is 0 Å². The Bertz CT molecular complexity index is 724. The number of carbonyl (C=O) groups is 1. The molecule has 0 fully saturated rings. The lowest BCUT2D eigenvalue weighted by atomic mass is 10.1. The molecule has 0 bridgehead atoms. The Labute approximate surface area is 131 Å². The van der Waals surface area contributed by atoms with Crippen LogP contribution in [0.5, 0.6) is 0 Å². The molecule has 0 aliphatic rings. The number of aryl methyl sites for hydroxylation is 1. The van der Waals surface area contributed by atoms with Crippen LogP contribution in [-0.2, 0) is 10.5 Å². The average molecular weight is 319 g/mol. The first-order chi connectivity index (χ1) is 10.5. The summed E-state index contributed by atoms with van der Waals surface area (Å²) in [4.78, 5) is 12.0. The maximum absolute atomic E-state index is 13.7. The van der Waals surface area contributed by atoms with Gasteiger partial charge in [0, 0.05) is 11.8 Å². The zero-order chi connectivity index (χ0) is 16.1. The molecule has 0 aliphatic heterocycles. The van der Waals surface area contributed by atoms with Crippen LogP contribution in [0.25, 0.3) is 0 Å². The van der Waals surface area contributed by atoms with Crippen molar-refractivity contribution >= 4 is 23.5 Å². The van der Waals surface area contributed by atoms with Crippen LogP contribution in [0.4, 0.5) is 10.2 Å². The highest BCUT2D eigenvalue weighted by molar-refractivity contribution is 7.99. The summed E-state index contributed by atoms with van der Waals surface area (Å²) in [6.45, 7) is 3.45. The number of aromatic nitrogens is 1. The minimum Gasteiger partial charge on any atom is -0.360 e. The number of hydrogen-bond donors (Lipinski definition) is 1. The molecule has 0 radical (unpaired) electrons. The van der Waals surface area contributed by atoms with Gasteiger partial charge in [0.2, 0.25) is 5.91 Å². The summed E-state index contributed by atoms with van der Waals surface area (Å²) in [7, 11) is 0. The summed E-state index contributed by atoms with van der Waals surface area (Å²) in [6, 6.07) is 7.76. The molecular formula is C15H14FN3O2S. The van der Waals surface area contributed by atoms with E-state index in [-0.39, 0.29) is 11.7 Å². The van der Waals surface area contributed by atoms with Gasteiger partial charge in [-0.2, -0.15) is 5.26 Å². The van der Waals surface area contributed by atoms with E-state index >= 15 is 0 Å². The summed E-state index contributed by atoms with van der Waals surface area (Å²) in [5, 5.41) is 14.7. The van der Waals surface area contributed by atoms with Crippen molar-refractivity contribution in [3.63, 3.8) is 0 Å². The molecule has 0 saturated heterocycles. The lowest BCUT2D eigenvalue weighted by Crippen LogP contribution is -2.22. The van der Waals surface area contributed by atoms with E-state index in [1.807, 2.05) is 6.07 Å². The summed E-state index contributed by atoms with van der Waals surface area (Å²) < 4.78 is 18.5. The van der Waals surface area contributed by atoms with Gasteiger partial charge in [-0.05, 0) is 37.6 Å². The van der Waals surface area contributed by atoms with E-state index in [1.54, 1.807) is 19.9 Å². The highest BCUT2D eigenvalue weighted by atomic mass is 32.2. The molecule has 0 spiro atoms. The van der Waals surface area contributed by atoms with Gasteiger partial charge >= 0.3 is 0 Å². The quantitative estimate of drug-likeness (QED) is 0.915. The topological polar surface area (TPSA) is 78.9 Å². The molecule has 2 rings (SSSR count). The zero-order valence-corrected chi connectivity index (χ0v) is 12.9. The zero-order valence-electron chi connectivity index (χ0n) is 12.1. The molecule has 1 aromatic carbocycles. The number of halogens is 1. The van der Waals surface area contributed by atoms with Crippen LogP contribution in [0.1, 0.15) is 23.8 Å². The monoisotopic (exact) mass is 319 g/mol. The SMILES string of the molecule is Cc1cc(NC(=O)[C@H](C)SCc2cc(C#N)ccc2F)no1. The van der Waals surface area contributed by atoms with Crippen LogP contribution in [0.3, 0.4) is 0 Å². The third kappa shape index (κ3) is 4.09. The molecule has 114 valence electrons. The predicted octanol–water partition coefficient (Wildman–Crippen LogP) is 3.25. The van der Waals surface area contributed by atoms with E-state index < -0.39 is 5.25 Å². The number of hydrogen-bond acceptors (Lipinski definition) is 5. The third-order valence-corrected chi connectivity index (χ3v) is 4.10. The average Bonchev–Trinajstić information content (AvgIpc) is 2.91. The predicted molar refractivity (Wildman–Crippen MR) is 81.7 cm³/mol. The van der Waals surface area contributed by atoms with Crippen LogP contribution in [0, 0.1) is 24.1 Å². The normalized spacial score (nSPS) is 11.7. The lowest BCUT2D eigenvalue weighted by Gasteiger charge is -2.11. The molecule has 1 aromatic heterocycles. The summed E-state index contributed by atoms with van der Waals surface area (Å²) in [5.74, 6) is 0.633. The van der Waals surface area contributed by atoms with Crippen molar-refractivity contribution in [1.82, 2.24) is 5.16 Å². The first-order valence-corrected chi connectivity index (χ1v) is 7.59. The molecule has 5 nitrogen and oxygen atoms in total. The second-order valence-corrected chi connectivity index (χ2v) is 6.01. The van der Waals surface area contributed by atoms with Crippen LogP contribution >= 0.6 is 11.8 Å². The van der Waals surface area contributed by atoms with Gasteiger partial charge in [0.05, 0.1) is 16.9 Å². The first-order valence-electron chi connectivity index (χ1n) is 6.54. The number of anilines is 1. The highest BCUT2D eigenvalue weighted by Gasteiger charge is 2.16. The second kappa shape index (κ2) is 7.09. The molecule has 1 amide bonds. The van der Waals surface area contributed by atoms with Gasteiger partial charge in [-0.3, -0.25) is 4.79 Å². The number of nitrogens with zero attached hydrogens (tertiary/aromatic N) is 2. The number of amides is 1. The van der Waals surface area contributed by atoms with Crippen LogP contribution in [-0.4, -0.2) is 16.3 Å². The van der Waals surface area contributed by atoms with Crippen molar-refractivity contribution in [2.45, 2.75) is 24.9 Å². The van der Waals surface area contributed by atoms with Crippen molar-refractivity contribution in [2.24, 2.45) is 0 Å². The maximum atomic E-state index is 13.7. The number of carbonyl (C=O) groups excluding carboxylic acids is 1. The Hall–Kier alpha value is -2.33. The van der Waals surface area contributed by atoms with E-state index in [9.17, 15) is 9.18 Å². The van der Waals surface area contributed by atoms with Gasteiger partial charge in [0.15, 0.2) is 5.82 Å². The van der Waals surface area contributed by atoms with Gasteiger partial charge in [-0.1, -0.05) is 5.16 Å². The number of thioether (sulfide) groups is 1.